The van der Waals surface area contributed by atoms with Gasteiger partial charge < -0.3 is 14.8 Å². The maximum Gasteiger partial charge on any atom is 0.228 e. The highest BCUT2D eigenvalue weighted by molar-refractivity contribution is 5.93. The second-order valence-electron chi connectivity index (χ2n) is 5.51. The fourth-order valence-corrected chi connectivity index (χ4v) is 2.49. The average Bonchev–Trinajstić information content (AvgIpc) is 2.64. The number of hydrogen-bond acceptors (Lipinski definition) is 3. The maximum absolute atomic E-state index is 11.7. The molecular formula is C18H19NO3. The summed E-state index contributed by atoms with van der Waals surface area (Å²) in [6.07, 6.45) is 0.144. The molecule has 114 valence electrons. The normalized spacial score (nSPS) is 18.5. The van der Waals surface area contributed by atoms with Gasteiger partial charge in [0.2, 0.25) is 5.91 Å². The van der Waals surface area contributed by atoms with Crippen LogP contribution in [0.4, 0.5) is 5.69 Å². The molecule has 0 fully saturated rings. The van der Waals surface area contributed by atoms with Crippen LogP contribution >= 0.6 is 0 Å². The van der Waals surface area contributed by atoms with Crippen LogP contribution in [0.1, 0.15) is 31.9 Å². The molecular weight excluding hydrogens is 278 g/mol. The van der Waals surface area contributed by atoms with E-state index in [1.807, 2.05) is 62.4 Å². The largest absolute Gasteiger partial charge is 0.488 e. The molecule has 1 aliphatic heterocycles. The zero-order valence-corrected chi connectivity index (χ0v) is 12.7. The van der Waals surface area contributed by atoms with E-state index in [1.54, 1.807) is 0 Å². The van der Waals surface area contributed by atoms with Crippen LogP contribution in [0.3, 0.4) is 0 Å². The molecule has 2 aromatic rings. The standard InChI is InChI=1S/C18H19NO3/c1-12-10-18(20)19-16-9-8-15(11-17(16)21-12)22-13(2)14-6-4-3-5-7-14/h3-9,11-13H,10H2,1-2H3,(H,19,20)/t12-,13-/m0/s1. The van der Waals surface area contributed by atoms with E-state index in [9.17, 15) is 4.79 Å². The van der Waals surface area contributed by atoms with Crippen LogP contribution in [-0.2, 0) is 4.79 Å². The van der Waals surface area contributed by atoms with E-state index in [0.717, 1.165) is 11.3 Å². The molecule has 0 radical (unpaired) electrons. The molecule has 22 heavy (non-hydrogen) atoms. The van der Waals surface area contributed by atoms with E-state index in [-0.39, 0.29) is 18.1 Å². The number of benzene rings is 2. The molecule has 4 heteroatoms. The Morgan fingerprint density at radius 3 is 2.77 bits per heavy atom. The second-order valence-corrected chi connectivity index (χ2v) is 5.51. The highest BCUT2D eigenvalue weighted by Gasteiger charge is 2.20. The first-order valence-corrected chi connectivity index (χ1v) is 7.44. The first kappa shape index (κ1) is 14.4. The lowest BCUT2D eigenvalue weighted by Crippen LogP contribution is -2.17. The summed E-state index contributed by atoms with van der Waals surface area (Å²) >= 11 is 0. The first-order valence-electron chi connectivity index (χ1n) is 7.44. The van der Waals surface area contributed by atoms with Crippen molar-refractivity contribution >= 4 is 11.6 Å². The molecule has 1 heterocycles. The molecule has 1 aliphatic rings. The zero-order valence-electron chi connectivity index (χ0n) is 12.7. The van der Waals surface area contributed by atoms with E-state index in [2.05, 4.69) is 5.32 Å². The van der Waals surface area contributed by atoms with Crippen LogP contribution in [0.5, 0.6) is 11.5 Å². The molecule has 0 spiro atoms. The number of amides is 1. The molecule has 0 aromatic heterocycles. The predicted molar refractivity (Wildman–Crippen MR) is 85.3 cm³/mol. The number of fused-ring (bicyclic) bond motifs is 1. The van der Waals surface area contributed by atoms with E-state index in [1.165, 1.54) is 0 Å². The number of carbonyl (C=O) groups is 1. The quantitative estimate of drug-likeness (QED) is 0.933. The fraction of sp³-hybridized carbons (Fsp3) is 0.278. The van der Waals surface area contributed by atoms with Crippen molar-refractivity contribution in [3.8, 4) is 11.5 Å². The summed E-state index contributed by atoms with van der Waals surface area (Å²) in [6.45, 7) is 3.89. The lowest BCUT2D eigenvalue weighted by Gasteiger charge is -2.17. The number of hydrogen-bond donors (Lipinski definition) is 1. The molecule has 0 bridgehead atoms. The minimum absolute atomic E-state index is 0.0300. The van der Waals surface area contributed by atoms with Crippen molar-refractivity contribution in [1.29, 1.82) is 0 Å². The number of ether oxygens (including phenoxy) is 2. The van der Waals surface area contributed by atoms with E-state index in [4.69, 9.17) is 9.47 Å². The second kappa shape index (κ2) is 6.10. The van der Waals surface area contributed by atoms with Crippen LogP contribution in [-0.4, -0.2) is 12.0 Å². The van der Waals surface area contributed by atoms with Gasteiger partial charge in [-0.05, 0) is 31.5 Å². The van der Waals surface area contributed by atoms with Gasteiger partial charge in [0.25, 0.3) is 0 Å². The summed E-state index contributed by atoms with van der Waals surface area (Å²) in [7, 11) is 0. The smallest absolute Gasteiger partial charge is 0.228 e. The number of carbonyl (C=O) groups excluding carboxylic acids is 1. The third kappa shape index (κ3) is 3.22. The fourth-order valence-electron chi connectivity index (χ4n) is 2.49. The van der Waals surface area contributed by atoms with Crippen LogP contribution in [0.15, 0.2) is 48.5 Å². The van der Waals surface area contributed by atoms with Gasteiger partial charge in [-0.15, -0.1) is 0 Å². The predicted octanol–water partition coefficient (Wildman–Crippen LogP) is 3.94. The van der Waals surface area contributed by atoms with E-state index in [0.29, 0.717) is 17.9 Å². The van der Waals surface area contributed by atoms with Gasteiger partial charge in [0.05, 0.1) is 12.1 Å². The molecule has 3 rings (SSSR count). The number of nitrogens with one attached hydrogen (secondary N) is 1. The zero-order chi connectivity index (χ0) is 15.5. The molecule has 1 amide bonds. The monoisotopic (exact) mass is 297 g/mol. The van der Waals surface area contributed by atoms with Crippen molar-refractivity contribution in [2.45, 2.75) is 32.5 Å². The molecule has 0 unspecified atom stereocenters. The topological polar surface area (TPSA) is 47.6 Å². The minimum atomic E-state index is -0.150. The lowest BCUT2D eigenvalue weighted by molar-refractivity contribution is -0.117. The summed E-state index contributed by atoms with van der Waals surface area (Å²) in [5.74, 6) is 1.34. The van der Waals surface area contributed by atoms with E-state index < -0.39 is 0 Å². The molecule has 1 N–H and O–H groups in total. The van der Waals surface area contributed by atoms with Crippen molar-refractivity contribution < 1.29 is 14.3 Å². The van der Waals surface area contributed by atoms with Crippen molar-refractivity contribution in [3.63, 3.8) is 0 Å². The van der Waals surface area contributed by atoms with Crippen molar-refractivity contribution in [1.82, 2.24) is 0 Å². The Morgan fingerprint density at radius 1 is 1.23 bits per heavy atom. The highest BCUT2D eigenvalue weighted by atomic mass is 16.5. The van der Waals surface area contributed by atoms with Gasteiger partial charge in [-0.1, -0.05) is 30.3 Å². The summed E-state index contributed by atoms with van der Waals surface area (Å²) in [5, 5.41) is 2.85. The number of rotatable bonds is 3. The molecule has 2 atom stereocenters. The van der Waals surface area contributed by atoms with Crippen LogP contribution in [0, 0.1) is 0 Å². The Labute approximate surface area is 130 Å². The Morgan fingerprint density at radius 2 is 2.00 bits per heavy atom. The summed E-state index contributed by atoms with van der Waals surface area (Å²) in [4.78, 5) is 11.7. The van der Waals surface area contributed by atoms with Gasteiger partial charge in [0, 0.05) is 6.07 Å². The van der Waals surface area contributed by atoms with E-state index >= 15 is 0 Å². The van der Waals surface area contributed by atoms with Gasteiger partial charge in [-0.25, -0.2) is 0 Å². The van der Waals surface area contributed by atoms with Gasteiger partial charge in [0.15, 0.2) is 0 Å². The first-order chi connectivity index (χ1) is 10.6. The van der Waals surface area contributed by atoms with Crippen molar-refractivity contribution in [2.24, 2.45) is 0 Å². The lowest BCUT2D eigenvalue weighted by atomic mass is 10.1. The average molecular weight is 297 g/mol. The Bertz CT molecular complexity index is 669. The van der Waals surface area contributed by atoms with Crippen LogP contribution < -0.4 is 14.8 Å². The minimum Gasteiger partial charge on any atom is -0.488 e. The third-order valence-electron chi connectivity index (χ3n) is 3.61. The third-order valence-corrected chi connectivity index (χ3v) is 3.61. The van der Waals surface area contributed by atoms with Gasteiger partial charge in [0.1, 0.15) is 23.7 Å². The number of anilines is 1. The van der Waals surface area contributed by atoms with Gasteiger partial charge in [-0.2, -0.15) is 0 Å². The summed E-state index contributed by atoms with van der Waals surface area (Å²) in [5.41, 5.74) is 1.80. The van der Waals surface area contributed by atoms with Crippen LogP contribution in [0.25, 0.3) is 0 Å². The summed E-state index contributed by atoms with van der Waals surface area (Å²) in [6, 6.07) is 15.5. The molecule has 0 saturated carbocycles. The summed E-state index contributed by atoms with van der Waals surface area (Å²) < 4.78 is 11.8. The highest BCUT2D eigenvalue weighted by Crippen LogP contribution is 2.34. The molecule has 0 aliphatic carbocycles. The van der Waals surface area contributed by atoms with Crippen molar-refractivity contribution in [2.75, 3.05) is 5.32 Å². The molecule has 0 saturated heterocycles. The van der Waals surface area contributed by atoms with Gasteiger partial charge in [-0.3, -0.25) is 4.79 Å². The Kier molecular flexibility index (Phi) is 4.00. The maximum atomic E-state index is 11.7. The van der Waals surface area contributed by atoms with Crippen molar-refractivity contribution in [3.05, 3.63) is 54.1 Å². The molecule has 2 aromatic carbocycles. The SMILES string of the molecule is C[C@H](Oc1ccc2c(c1)O[C@@H](C)CC(=O)N2)c1ccccc1. The van der Waals surface area contributed by atoms with Crippen LogP contribution in [0.2, 0.25) is 0 Å². The Balaban J connectivity index is 1.80. The van der Waals surface area contributed by atoms with Gasteiger partial charge >= 0.3 is 0 Å². The Hall–Kier alpha value is -2.49. The molecule has 4 nitrogen and oxygen atoms in total.